The number of nitrogens with zero attached hydrogens (tertiary/aromatic N) is 3. The molecule has 5 rings (SSSR count). The number of hydrogen-bond donors (Lipinski definition) is 0. The van der Waals surface area contributed by atoms with E-state index in [-0.39, 0.29) is 30.0 Å². The molecule has 0 atom stereocenters. The molecule has 208 valence electrons. The molecule has 0 fully saturated rings. The Hall–Kier alpha value is -4.16. The Morgan fingerprint density at radius 3 is 2.35 bits per heavy atom. The maximum Gasteiger partial charge on any atom is 0.307 e. The van der Waals surface area contributed by atoms with Crippen LogP contribution in [0.25, 0.3) is 10.2 Å². The predicted molar refractivity (Wildman–Crippen MR) is 150 cm³/mol. The Balaban J connectivity index is 1.48. The number of fused-ring (bicyclic) bond motifs is 2. The molecular formula is C28H27N3O7S2. The van der Waals surface area contributed by atoms with Crippen molar-refractivity contribution in [1.29, 1.82) is 0 Å². The number of anilines is 1. The molecule has 40 heavy (non-hydrogen) atoms. The number of esters is 1. The van der Waals surface area contributed by atoms with Crippen molar-refractivity contribution in [2.24, 2.45) is 4.99 Å². The quantitative estimate of drug-likeness (QED) is 0.289. The number of aryl methyl sites for hydroxylation is 1. The number of carbonyl (C=O) groups is 2. The summed E-state index contributed by atoms with van der Waals surface area (Å²) in [6, 6.07) is 18.2. The number of benzene rings is 3. The Bertz CT molecular complexity index is 1730. The first-order valence-corrected chi connectivity index (χ1v) is 14.8. The monoisotopic (exact) mass is 581 g/mol. The Morgan fingerprint density at radius 2 is 1.70 bits per heavy atom. The van der Waals surface area contributed by atoms with Gasteiger partial charge in [-0.1, -0.05) is 29.5 Å². The third-order valence-corrected chi connectivity index (χ3v) is 9.29. The molecule has 1 amide bonds. The molecule has 0 aliphatic carbocycles. The summed E-state index contributed by atoms with van der Waals surface area (Å²) in [7, 11) is -2.52. The zero-order valence-electron chi connectivity index (χ0n) is 21.9. The van der Waals surface area contributed by atoms with Crippen molar-refractivity contribution in [2.75, 3.05) is 31.2 Å². The predicted octanol–water partition coefficient (Wildman–Crippen LogP) is 3.99. The summed E-state index contributed by atoms with van der Waals surface area (Å²) in [4.78, 5) is 29.8. The van der Waals surface area contributed by atoms with Gasteiger partial charge in [-0.25, -0.2) is 8.42 Å². The zero-order valence-corrected chi connectivity index (χ0v) is 23.5. The molecule has 2 heterocycles. The van der Waals surface area contributed by atoms with E-state index in [1.807, 2.05) is 18.2 Å². The highest BCUT2D eigenvalue weighted by molar-refractivity contribution is 7.92. The van der Waals surface area contributed by atoms with E-state index in [1.165, 1.54) is 47.0 Å². The van der Waals surface area contributed by atoms with Gasteiger partial charge in [0, 0.05) is 30.8 Å². The van der Waals surface area contributed by atoms with Gasteiger partial charge in [0.1, 0.15) is 13.2 Å². The number of carbonyl (C=O) groups excluding carboxylic acids is 2. The van der Waals surface area contributed by atoms with Crippen molar-refractivity contribution >= 4 is 49.1 Å². The van der Waals surface area contributed by atoms with Crippen LogP contribution in [-0.4, -0.2) is 51.7 Å². The molecule has 0 N–H and O–H groups in total. The van der Waals surface area contributed by atoms with E-state index in [4.69, 9.17) is 14.2 Å². The number of rotatable bonds is 8. The second kappa shape index (κ2) is 11.5. The van der Waals surface area contributed by atoms with E-state index in [0.29, 0.717) is 35.2 Å². The first-order valence-electron chi connectivity index (χ1n) is 12.6. The maximum atomic E-state index is 13.3. The zero-order chi connectivity index (χ0) is 28.3. The third-order valence-electron chi connectivity index (χ3n) is 6.33. The SMILES string of the molecule is CCN(c1ccccc1)S(=O)(=O)c1ccc(C(=O)N=c2sc3cc4c(cc3n2CCC(=O)OC)OCCO4)cc1. The van der Waals surface area contributed by atoms with Crippen LogP contribution in [0, 0.1) is 0 Å². The summed E-state index contributed by atoms with van der Waals surface area (Å²) >= 11 is 1.28. The molecule has 0 saturated carbocycles. The lowest BCUT2D eigenvalue weighted by Gasteiger charge is -2.22. The fraction of sp³-hybridized carbons (Fsp3) is 0.250. The minimum Gasteiger partial charge on any atom is -0.486 e. The van der Waals surface area contributed by atoms with Crippen LogP contribution in [0.4, 0.5) is 5.69 Å². The van der Waals surface area contributed by atoms with Crippen molar-refractivity contribution in [1.82, 2.24) is 4.57 Å². The average Bonchev–Trinajstić information content (AvgIpc) is 3.30. The molecule has 0 saturated heterocycles. The first-order chi connectivity index (χ1) is 19.3. The summed E-state index contributed by atoms with van der Waals surface area (Å²) in [6.45, 7) is 3.11. The first kappa shape index (κ1) is 27.4. The maximum absolute atomic E-state index is 13.3. The van der Waals surface area contributed by atoms with E-state index in [9.17, 15) is 18.0 Å². The molecular weight excluding hydrogens is 554 g/mol. The molecule has 0 radical (unpaired) electrons. The molecule has 4 aromatic rings. The summed E-state index contributed by atoms with van der Waals surface area (Å²) in [6.07, 6.45) is 0.0834. The number of para-hydroxylation sites is 1. The van der Waals surface area contributed by atoms with E-state index in [2.05, 4.69) is 4.99 Å². The highest BCUT2D eigenvalue weighted by Crippen LogP contribution is 2.35. The van der Waals surface area contributed by atoms with Crippen LogP contribution in [0.15, 0.2) is 76.6 Å². The molecule has 3 aromatic carbocycles. The van der Waals surface area contributed by atoms with E-state index in [1.54, 1.807) is 35.8 Å². The minimum absolute atomic E-state index is 0.0651. The summed E-state index contributed by atoms with van der Waals surface area (Å²) in [5, 5.41) is 0. The summed E-state index contributed by atoms with van der Waals surface area (Å²) < 4.78 is 46.7. The smallest absolute Gasteiger partial charge is 0.307 e. The van der Waals surface area contributed by atoms with Gasteiger partial charge in [0.05, 0.1) is 34.3 Å². The van der Waals surface area contributed by atoms with Crippen LogP contribution < -0.4 is 18.6 Å². The second-order valence-corrected chi connectivity index (χ2v) is 11.6. The van der Waals surface area contributed by atoms with Crippen LogP contribution in [0.3, 0.4) is 0 Å². The molecule has 10 nitrogen and oxygen atoms in total. The number of ether oxygens (including phenoxy) is 3. The lowest BCUT2D eigenvalue weighted by Crippen LogP contribution is -2.30. The molecule has 1 aromatic heterocycles. The van der Waals surface area contributed by atoms with Gasteiger partial charge < -0.3 is 18.8 Å². The number of hydrogen-bond acceptors (Lipinski definition) is 8. The number of methoxy groups -OCH3 is 1. The molecule has 0 bridgehead atoms. The van der Waals surface area contributed by atoms with Crippen LogP contribution in [0.2, 0.25) is 0 Å². The van der Waals surface area contributed by atoms with E-state index >= 15 is 0 Å². The van der Waals surface area contributed by atoms with Gasteiger partial charge in [0.25, 0.3) is 15.9 Å². The fourth-order valence-corrected chi connectivity index (χ4v) is 6.89. The molecule has 1 aliphatic heterocycles. The van der Waals surface area contributed by atoms with Crippen molar-refractivity contribution in [3.05, 3.63) is 77.1 Å². The van der Waals surface area contributed by atoms with Crippen molar-refractivity contribution < 1.29 is 32.2 Å². The Kier molecular flexibility index (Phi) is 7.90. The number of thiazole rings is 1. The number of amides is 1. The lowest BCUT2D eigenvalue weighted by molar-refractivity contribution is -0.140. The largest absolute Gasteiger partial charge is 0.486 e. The highest BCUT2D eigenvalue weighted by atomic mass is 32.2. The molecule has 0 spiro atoms. The standard InChI is InChI=1S/C28H27N3O7S2/c1-3-31(20-7-5-4-6-8-20)40(34,35)21-11-9-19(10-12-21)27(33)29-28-30(14-13-26(32)36-2)22-17-23-24(18-25(22)39-28)38-16-15-37-23/h4-12,17-18H,3,13-16H2,1-2H3. The Labute approximate surface area is 235 Å². The second-order valence-electron chi connectivity index (χ2n) is 8.77. The fourth-order valence-electron chi connectivity index (χ4n) is 4.35. The molecule has 1 aliphatic rings. The molecule has 0 unspecified atom stereocenters. The van der Waals surface area contributed by atoms with Crippen molar-refractivity contribution in [3.63, 3.8) is 0 Å². The highest BCUT2D eigenvalue weighted by Gasteiger charge is 2.24. The summed E-state index contributed by atoms with van der Waals surface area (Å²) in [5.41, 5.74) is 1.52. The number of aromatic nitrogens is 1. The van der Waals surface area contributed by atoms with Gasteiger partial charge in [-0.05, 0) is 43.3 Å². The van der Waals surface area contributed by atoms with Crippen LogP contribution >= 0.6 is 11.3 Å². The molecule has 12 heteroatoms. The van der Waals surface area contributed by atoms with E-state index < -0.39 is 21.9 Å². The van der Waals surface area contributed by atoms with Crippen LogP contribution in [0.1, 0.15) is 23.7 Å². The normalized spacial score (nSPS) is 13.3. The van der Waals surface area contributed by atoms with Gasteiger partial charge in [-0.2, -0.15) is 4.99 Å². The van der Waals surface area contributed by atoms with Gasteiger partial charge in [0.2, 0.25) is 0 Å². The summed E-state index contributed by atoms with van der Waals surface area (Å²) in [5.74, 6) is 0.242. The topological polar surface area (TPSA) is 117 Å². The third kappa shape index (κ3) is 5.45. The number of sulfonamides is 1. The van der Waals surface area contributed by atoms with Crippen LogP contribution in [-0.2, 0) is 26.1 Å². The van der Waals surface area contributed by atoms with Crippen molar-refractivity contribution in [3.8, 4) is 11.5 Å². The van der Waals surface area contributed by atoms with E-state index in [0.717, 1.165) is 10.2 Å². The van der Waals surface area contributed by atoms with Crippen LogP contribution in [0.5, 0.6) is 11.5 Å². The van der Waals surface area contributed by atoms with Gasteiger partial charge >= 0.3 is 5.97 Å². The van der Waals surface area contributed by atoms with Gasteiger partial charge in [-0.3, -0.25) is 13.9 Å². The lowest BCUT2D eigenvalue weighted by atomic mass is 10.2. The average molecular weight is 582 g/mol. The minimum atomic E-state index is -3.83. The Morgan fingerprint density at radius 1 is 1.02 bits per heavy atom. The van der Waals surface area contributed by atoms with Gasteiger partial charge in [-0.15, -0.1) is 0 Å². The van der Waals surface area contributed by atoms with Gasteiger partial charge in [0.15, 0.2) is 16.3 Å². The van der Waals surface area contributed by atoms with Crippen molar-refractivity contribution in [2.45, 2.75) is 24.8 Å².